The maximum absolute atomic E-state index is 12.6. The van der Waals surface area contributed by atoms with E-state index in [0.717, 1.165) is 4.90 Å². The average Bonchev–Trinajstić information content (AvgIpc) is 2.87. The molecule has 18 heavy (non-hydrogen) atoms. The first-order chi connectivity index (χ1) is 8.27. The topological polar surface area (TPSA) is 69.6 Å². The SMILES string of the molecule is O=C(O)C1CSCN1C(=O)NC1(C(F)(F)F)CC1. The Morgan fingerprint density at radius 2 is 2.00 bits per heavy atom. The van der Waals surface area contributed by atoms with E-state index >= 15 is 0 Å². The van der Waals surface area contributed by atoms with Crippen LogP contribution in [0.3, 0.4) is 0 Å². The summed E-state index contributed by atoms with van der Waals surface area (Å²) in [7, 11) is 0. The number of aliphatic carboxylic acids is 1. The highest BCUT2D eigenvalue weighted by atomic mass is 32.2. The molecule has 1 heterocycles. The second-order valence-electron chi connectivity index (χ2n) is 4.33. The summed E-state index contributed by atoms with van der Waals surface area (Å²) < 4.78 is 37.9. The fourth-order valence-electron chi connectivity index (χ4n) is 1.73. The third-order valence-corrected chi connectivity index (χ3v) is 4.08. The number of alkyl halides is 3. The van der Waals surface area contributed by atoms with E-state index < -0.39 is 29.8 Å². The molecule has 1 unspecified atom stereocenters. The molecule has 2 N–H and O–H groups in total. The molecule has 1 aliphatic heterocycles. The van der Waals surface area contributed by atoms with Crippen LogP contribution in [0.15, 0.2) is 0 Å². The molecule has 1 atom stereocenters. The molecule has 1 saturated heterocycles. The zero-order valence-electron chi connectivity index (χ0n) is 9.16. The molecular formula is C9H11F3N2O3S. The molecule has 2 amide bonds. The lowest BCUT2D eigenvalue weighted by Crippen LogP contribution is -2.55. The van der Waals surface area contributed by atoms with Gasteiger partial charge >= 0.3 is 18.2 Å². The van der Waals surface area contributed by atoms with Crippen molar-refractivity contribution in [3.63, 3.8) is 0 Å². The van der Waals surface area contributed by atoms with Crippen LogP contribution in [0.25, 0.3) is 0 Å². The van der Waals surface area contributed by atoms with Gasteiger partial charge in [0.05, 0.1) is 5.88 Å². The summed E-state index contributed by atoms with van der Waals surface area (Å²) >= 11 is 1.20. The van der Waals surface area contributed by atoms with Gasteiger partial charge in [0.25, 0.3) is 0 Å². The monoisotopic (exact) mass is 284 g/mol. The lowest BCUT2D eigenvalue weighted by molar-refractivity contribution is -0.163. The molecule has 0 aromatic heterocycles. The second kappa shape index (κ2) is 4.22. The fourth-order valence-corrected chi connectivity index (χ4v) is 2.87. The number of carbonyl (C=O) groups excluding carboxylic acids is 1. The molecule has 102 valence electrons. The number of amides is 2. The normalized spacial score (nSPS) is 25.9. The van der Waals surface area contributed by atoms with Gasteiger partial charge in [-0.05, 0) is 12.8 Å². The number of carbonyl (C=O) groups is 2. The van der Waals surface area contributed by atoms with Crippen LogP contribution in [0.2, 0.25) is 0 Å². The van der Waals surface area contributed by atoms with Crippen molar-refractivity contribution in [3.05, 3.63) is 0 Å². The van der Waals surface area contributed by atoms with Crippen LogP contribution in [-0.4, -0.2) is 51.4 Å². The Bertz CT molecular complexity index is 384. The van der Waals surface area contributed by atoms with Gasteiger partial charge < -0.3 is 15.3 Å². The number of hydrogen-bond donors (Lipinski definition) is 2. The first-order valence-corrected chi connectivity index (χ1v) is 6.38. The number of carboxylic acids is 1. The van der Waals surface area contributed by atoms with Crippen molar-refractivity contribution in [2.75, 3.05) is 11.6 Å². The zero-order chi connectivity index (χ0) is 13.6. The van der Waals surface area contributed by atoms with Crippen molar-refractivity contribution in [1.29, 1.82) is 0 Å². The molecule has 0 spiro atoms. The Kier molecular flexibility index (Phi) is 3.12. The van der Waals surface area contributed by atoms with E-state index in [9.17, 15) is 22.8 Å². The molecule has 9 heteroatoms. The molecule has 2 fully saturated rings. The minimum atomic E-state index is -4.49. The number of rotatable bonds is 2. The molecule has 2 rings (SSSR count). The molecule has 1 saturated carbocycles. The number of thioether (sulfide) groups is 1. The molecule has 2 aliphatic rings. The maximum atomic E-state index is 12.6. The van der Waals surface area contributed by atoms with E-state index in [-0.39, 0.29) is 24.5 Å². The van der Waals surface area contributed by atoms with Gasteiger partial charge in [0, 0.05) is 5.75 Å². The highest BCUT2D eigenvalue weighted by Gasteiger charge is 2.64. The van der Waals surface area contributed by atoms with Crippen molar-refractivity contribution in [2.45, 2.75) is 30.6 Å². The number of urea groups is 1. The summed E-state index contributed by atoms with van der Waals surface area (Å²) in [6, 6.07) is -2.01. The first-order valence-electron chi connectivity index (χ1n) is 5.23. The number of carboxylic acid groups (broad SMARTS) is 1. The van der Waals surface area contributed by atoms with Gasteiger partial charge in [0.15, 0.2) is 0 Å². The Hall–Kier alpha value is -1.12. The summed E-state index contributed by atoms with van der Waals surface area (Å²) in [6.07, 6.45) is -4.80. The van der Waals surface area contributed by atoms with Crippen molar-refractivity contribution < 1.29 is 27.9 Å². The molecule has 0 bridgehead atoms. The van der Waals surface area contributed by atoms with Crippen molar-refractivity contribution in [1.82, 2.24) is 10.2 Å². The van der Waals surface area contributed by atoms with Gasteiger partial charge in [-0.2, -0.15) is 13.2 Å². The van der Waals surface area contributed by atoms with Crippen LogP contribution in [0.4, 0.5) is 18.0 Å². The highest BCUT2D eigenvalue weighted by molar-refractivity contribution is 7.99. The van der Waals surface area contributed by atoms with E-state index in [1.54, 1.807) is 0 Å². The minimum absolute atomic E-state index is 0.0940. The molecule has 1 aliphatic carbocycles. The molecule has 0 aromatic rings. The molecule has 5 nitrogen and oxygen atoms in total. The molecular weight excluding hydrogens is 273 g/mol. The largest absolute Gasteiger partial charge is 0.480 e. The van der Waals surface area contributed by atoms with Crippen molar-refractivity contribution >= 4 is 23.8 Å². The summed E-state index contributed by atoms with van der Waals surface area (Å²) in [6.45, 7) is 0. The Labute approximate surface area is 105 Å². The predicted octanol–water partition coefficient (Wildman–Crippen LogP) is 1.25. The van der Waals surface area contributed by atoms with Crippen molar-refractivity contribution in [3.8, 4) is 0 Å². The van der Waals surface area contributed by atoms with E-state index in [4.69, 9.17) is 5.11 Å². The van der Waals surface area contributed by atoms with Crippen LogP contribution >= 0.6 is 11.8 Å². The van der Waals surface area contributed by atoms with Crippen LogP contribution < -0.4 is 5.32 Å². The van der Waals surface area contributed by atoms with Gasteiger partial charge in [-0.25, -0.2) is 9.59 Å². The number of nitrogens with zero attached hydrogens (tertiary/aromatic N) is 1. The standard InChI is InChI=1S/C9H11F3N2O3S/c10-9(11,12)8(1-2-8)13-7(17)14-4-18-3-5(14)6(15)16/h5H,1-4H2,(H,13,17)(H,15,16). The zero-order valence-corrected chi connectivity index (χ0v) is 9.98. The first kappa shape index (κ1) is 13.3. The molecule has 0 aromatic carbocycles. The third kappa shape index (κ3) is 2.23. The van der Waals surface area contributed by atoms with Gasteiger partial charge in [-0.15, -0.1) is 11.8 Å². The van der Waals surface area contributed by atoms with Gasteiger partial charge in [-0.1, -0.05) is 0 Å². The van der Waals surface area contributed by atoms with E-state index in [0.29, 0.717) is 0 Å². The van der Waals surface area contributed by atoms with Gasteiger partial charge in [0.1, 0.15) is 11.6 Å². The van der Waals surface area contributed by atoms with Crippen LogP contribution in [0, 0.1) is 0 Å². The quantitative estimate of drug-likeness (QED) is 0.800. The van der Waals surface area contributed by atoms with Crippen LogP contribution in [-0.2, 0) is 4.79 Å². The van der Waals surface area contributed by atoms with E-state index in [1.165, 1.54) is 11.8 Å². The highest BCUT2D eigenvalue weighted by Crippen LogP contribution is 2.49. The third-order valence-electron chi connectivity index (χ3n) is 3.07. The predicted molar refractivity (Wildman–Crippen MR) is 57.1 cm³/mol. The lowest BCUT2D eigenvalue weighted by Gasteiger charge is -2.26. The van der Waals surface area contributed by atoms with E-state index in [2.05, 4.69) is 0 Å². The minimum Gasteiger partial charge on any atom is -0.480 e. The summed E-state index contributed by atoms with van der Waals surface area (Å²) in [5.74, 6) is -0.912. The molecule has 0 radical (unpaired) electrons. The fraction of sp³-hybridized carbons (Fsp3) is 0.778. The van der Waals surface area contributed by atoms with Crippen LogP contribution in [0.1, 0.15) is 12.8 Å². The van der Waals surface area contributed by atoms with Crippen molar-refractivity contribution in [2.24, 2.45) is 0 Å². The maximum Gasteiger partial charge on any atom is 0.411 e. The van der Waals surface area contributed by atoms with E-state index in [1.807, 2.05) is 5.32 Å². The van der Waals surface area contributed by atoms with Gasteiger partial charge in [0.2, 0.25) is 0 Å². The van der Waals surface area contributed by atoms with Gasteiger partial charge in [-0.3, -0.25) is 0 Å². The summed E-state index contributed by atoms with van der Waals surface area (Å²) in [5.41, 5.74) is -2.15. The smallest absolute Gasteiger partial charge is 0.411 e. The lowest BCUT2D eigenvalue weighted by atomic mass is 10.2. The average molecular weight is 284 g/mol. The number of nitrogens with one attached hydrogen (secondary N) is 1. The van der Waals surface area contributed by atoms with Crippen LogP contribution in [0.5, 0.6) is 0 Å². The number of halogens is 3. The summed E-state index contributed by atoms with van der Waals surface area (Å²) in [4.78, 5) is 23.5. The Morgan fingerprint density at radius 3 is 2.44 bits per heavy atom. The number of hydrogen-bond acceptors (Lipinski definition) is 3. The Balaban J connectivity index is 2.03. The second-order valence-corrected chi connectivity index (χ2v) is 5.33. The summed E-state index contributed by atoms with van der Waals surface area (Å²) in [5, 5.41) is 10.8. The Morgan fingerprint density at radius 1 is 1.39 bits per heavy atom.